The average Bonchev–Trinajstić information content (AvgIpc) is 2.15. The molecule has 0 bridgehead atoms. The molecule has 1 aromatic heterocycles. The zero-order chi connectivity index (χ0) is 11.6. The van der Waals surface area contributed by atoms with Gasteiger partial charge in [0.1, 0.15) is 11.5 Å². The zero-order valence-corrected chi connectivity index (χ0v) is 8.76. The Kier molecular flexibility index (Phi) is 2.91. The standard InChI is InChI=1S/C12H11NO2/c1-7(2)12-11(8(3)6-13)10(14)5-9(4)15-12/h5H,1,3H2,2,4H3. The summed E-state index contributed by atoms with van der Waals surface area (Å²) in [7, 11) is 0. The van der Waals surface area contributed by atoms with Crippen LogP contribution in [0, 0.1) is 18.3 Å². The highest BCUT2D eigenvalue weighted by Crippen LogP contribution is 2.20. The second-order valence-corrected chi connectivity index (χ2v) is 3.30. The smallest absolute Gasteiger partial charge is 0.194 e. The predicted octanol–water partition coefficient (Wildman–Crippen LogP) is 2.52. The highest BCUT2D eigenvalue weighted by atomic mass is 16.3. The molecule has 0 unspecified atom stereocenters. The quantitative estimate of drug-likeness (QED) is 0.691. The fourth-order valence-electron chi connectivity index (χ4n) is 1.25. The van der Waals surface area contributed by atoms with E-state index in [4.69, 9.17) is 9.68 Å². The second-order valence-electron chi connectivity index (χ2n) is 3.30. The van der Waals surface area contributed by atoms with E-state index in [-0.39, 0.29) is 16.6 Å². The summed E-state index contributed by atoms with van der Waals surface area (Å²) >= 11 is 0. The van der Waals surface area contributed by atoms with Crippen LogP contribution in [0.3, 0.4) is 0 Å². The molecule has 0 saturated carbocycles. The molecule has 0 atom stereocenters. The molecule has 0 aliphatic carbocycles. The summed E-state index contributed by atoms with van der Waals surface area (Å²) in [4.78, 5) is 11.7. The SMILES string of the molecule is C=C(C)c1oc(C)cc(=O)c1C(=C)C#N. The van der Waals surface area contributed by atoms with Crippen molar-refractivity contribution in [2.24, 2.45) is 0 Å². The van der Waals surface area contributed by atoms with E-state index in [1.54, 1.807) is 13.8 Å². The number of aryl methyl sites for hydroxylation is 1. The molecule has 0 aromatic carbocycles. The van der Waals surface area contributed by atoms with Crippen molar-refractivity contribution in [3.8, 4) is 6.07 Å². The van der Waals surface area contributed by atoms with Crippen molar-refractivity contribution in [3.63, 3.8) is 0 Å². The van der Waals surface area contributed by atoms with Gasteiger partial charge >= 0.3 is 0 Å². The van der Waals surface area contributed by atoms with Crippen molar-refractivity contribution in [1.29, 1.82) is 5.26 Å². The van der Waals surface area contributed by atoms with Crippen LogP contribution in [0.25, 0.3) is 11.1 Å². The van der Waals surface area contributed by atoms with Gasteiger partial charge in [-0.1, -0.05) is 13.2 Å². The minimum atomic E-state index is -0.261. The molecule has 0 spiro atoms. The molecule has 0 amide bonds. The van der Waals surface area contributed by atoms with E-state index in [2.05, 4.69) is 13.2 Å². The van der Waals surface area contributed by atoms with Gasteiger partial charge in [0.05, 0.1) is 17.2 Å². The van der Waals surface area contributed by atoms with Gasteiger partial charge in [-0.3, -0.25) is 4.79 Å². The Morgan fingerprint density at radius 2 is 2.13 bits per heavy atom. The van der Waals surface area contributed by atoms with Crippen molar-refractivity contribution >= 4 is 11.1 Å². The van der Waals surface area contributed by atoms with E-state index in [1.807, 2.05) is 6.07 Å². The highest BCUT2D eigenvalue weighted by molar-refractivity contribution is 5.81. The van der Waals surface area contributed by atoms with Crippen LogP contribution in [0.2, 0.25) is 0 Å². The summed E-state index contributed by atoms with van der Waals surface area (Å²) in [5.74, 6) is 0.832. The maximum absolute atomic E-state index is 11.7. The first-order chi connectivity index (χ1) is 6.97. The van der Waals surface area contributed by atoms with Crippen LogP contribution in [-0.2, 0) is 0 Å². The first-order valence-corrected chi connectivity index (χ1v) is 4.37. The van der Waals surface area contributed by atoms with Gasteiger partial charge in [0, 0.05) is 6.07 Å². The molecule has 1 heterocycles. The number of hydrogen-bond donors (Lipinski definition) is 0. The van der Waals surface area contributed by atoms with Crippen LogP contribution in [0.15, 0.2) is 28.4 Å². The molecule has 0 fully saturated rings. The third-order valence-electron chi connectivity index (χ3n) is 1.90. The van der Waals surface area contributed by atoms with Crippen LogP contribution in [0.5, 0.6) is 0 Å². The first kappa shape index (κ1) is 11.0. The minimum Gasteiger partial charge on any atom is -0.461 e. The predicted molar refractivity (Wildman–Crippen MR) is 59.1 cm³/mol. The van der Waals surface area contributed by atoms with Gasteiger partial charge < -0.3 is 4.42 Å². The average molecular weight is 201 g/mol. The summed E-state index contributed by atoms with van der Waals surface area (Å²) in [6.45, 7) is 10.6. The molecule has 3 nitrogen and oxygen atoms in total. The molecule has 0 saturated heterocycles. The van der Waals surface area contributed by atoms with Crippen LogP contribution in [0.4, 0.5) is 0 Å². The molecular formula is C12H11NO2. The molecule has 1 aromatic rings. The first-order valence-electron chi connectivity index (χ1n) is 4.37. The molecule has 0 N–H and O–H groups in total. The van der Waals surface area contributed by atoms with E-state index < -0.39 is 0 Å². The number of rotatable bonds is 2. The van der Waals surface area contributed by atoms with E-state index >= 15 is 0 Å². The van der Waals surface area contributed by atoms with E-state index in [0.29, 0.717) is 17.1 Å². The highest BCUT2D eigenvalue weighted by Gasteiger charge is 2.14. The summed E-state index contributed by atoms with van der Waals surface area (Å²) in [5.41, 5.74) is 0.642. The van der Waals surface area contributed by atoms with Crippen LogP contribution in [-0.4, -0.2) is 0 Å². The Labute approximate surface area is 88.0 Å². The maximum Gasteiger partial charge on any atom is 0.194 e. The Bertz CT molecular complexity index is 530. The molecule has 0 radical (unpaired) electrons. The molecule has 0 aliphatic heterocycles. The number of allylic oxidation sites excluding steroid dienone is 2. The Hall–Kier alpha value is -2.08. The molecule has 1 rings (SSSR count). The van der Waals surface area contributed by atoms with E-state index in [9.17, 15) is 4.79 Å². The fourth-order valence-corrected chi connectivity index (χ4v) is 1.25. The van der Waals surface area contributed by atoms with Crippen molar-refractivity contribution in [3.05, 3.63) is 46.5 Å². The van der Waals surface area contributed by atoms with Gasteiger partial charge in [-0.2, -0.15) is 5.26 Å². The summed E-state index contributed by atoms with van der Waals surface area (Å²) in [6.07, 6.45) is 0. The van der Waals surface area contributed by atoms with Crippen LogP contribution in [0.1, 0.15) is 24.0 Å². The third kappa shape index (κ3) is 2.05. The van der Waals surface area contributed by atoms with Gasteiger partial charge in [0.2, 0.25) is 0 Å². The molecule has 15 heavy (non-hydrogen) atoms. The van der Waals surface area contributed by atoms with Gasteiger partial charge in [-0.15, -0.1) is 0 Å². The Morgan fingerprint density at radius 1 is 1.53 bits per heavy atom. The number of nitrogens with zero attached hydrogens (tertiary/aromatic N) is 1. The Morgan fingerprint density at radius 3 is 2.60 bits per heavy atom. The zero-order valence-electron chi connectivity index (χ0n) is 8.76. The molecular weight excluding hydrogens is 190 g/mol. The van der Waals surface area contributed by atoms with Crippen LogP contribution >= 0.6 is 0 Å². The van der Waals surface area contributed by atoms with Gasteiger partial charge in [0.25, 0.3) is 0 Å². The lowest BCUT2D eigenvalue weighted by Crippen LogP contribution is -2.10. The van der Waals surface area contributed by atoms with Gasteiger partial charge in [-0.05, 0) is 19.4 Å². The van der Waals surface area contributed by atoms with E-state index in [1.165, 1.54) is 6.07 Å². The van der Waals surface area contributed by atoms with Crippen molar-refractivity contribution < 1.29 is 4.42 Å². The molecule has 3 heteroatoms. The number of nitriles is 1. The normalized spacial score (nSPS) is 9.40. The second kappa shape index (κ2) is 3.97. The topological polar surface area (TPSA) is 54.0 Å². The lowest BCUT2D eigenvalue weighted by Gasteiger charge is -2.06. The fraction of sp³-hybridized carbons (Fsp3) is 0.167. The lowest BCUT2D eigenvalue weighted by molar-refractivity contribution is 0.500. The summed E-state index contributed by atoms with van der Waals surface area (Å²) < 4.78 is 5.36. The van der Waals surface area contributed by atoms with Gasteiger partial charge in [0.15, 0.2) is 5.43 Å². The summed E-state index contributed by atoms with van der Waals surface area (Å²) in [6, 6.07) is 3.18. The lowest BCUT2D eigenvalue weighted by atomic mass is 10.0. The van der Waals surface area contributed by atoms with Crippen molar-refractivity contribution in [1.82, 2.24) is 0 Å². The summed E-state index contributed by atoms with van der Waals surface area (Å²) in [5, 5.41) is 8.73. The molecule has 0 aliphatic rings. The van der Waals surface area contributed by atoms with Crippen molar-refractivity contribution in [2.75, 3.05) is 0 Å². The largest absolute Gasteiger partial charge is 0.461 e. The monoisotopic (exact) mass is 201 g/mol. The van der Waals surface area contributed by atoms with Gasteiger partial charge in [-0.25, -0.2) is 0 Å². The van der Waals surface area contributed by atoms with Crippen LogP contribution < -0.4 is 5.43 Å². The minimum absolute atomic E-state index is 0.0988. The maximum atomic E-state index is 11.7. The Balaban J connectivity index is 3.63. The van der Waals surface area contributed by atoms with Crippen molar-refractivity contribution in [2.45, 2.75) is 13.8 Å². The van der Waals surface area contributed by atoms with E-state index in [0.717, 1.165) is 0 Å². The third-order valence-corrected chi connectivity index (χ3v) is 1.90. The number of hydrogen-bond acceptors (Lipinski definition) is 3. The molecule has 76 valence electrons.